The third-order valence-electron chi connectivity index (χ3n) is 7.27. The molecule has 2 aliphatic heterocycles. The highest BCUT2D eigenvalue weighted by atomic mass is 19.4. The van der Waals surface area contributed by atoms with Crippen LogP contribution in [0.15, 0.2) is 18.3 Å². The predicted molar refractivity (Wildman–Crippen MR) is 95.8 cm³/mol. The Balaban J connectivity index is 1.52. The minimum atomic E-state index is -4.46. The number of carbonyl (C=O) groups is 1. The van der Waals surface area contributed by atoms with Crippen LogP contribution < -0.4 is 10.6 Å². The monoisotopic (exact) mass is 388 g/mol. The van der Waals surface area contributed by atoms with Crippen LogP contribution in [0.3, 0.4) is 0 Å². The Kier molecular flexibility index (Phi) is 3.11. The number of hydrogen-bond acceptors (Lipinski definition) is 3. The Morgan fingerprint density at radius 1 is 1.11 bits per heavy atom. The minimum absolute atomic E-state index is 0.0144. The van der Waals surface area contributed by atoms with Gasteiger partial charge in [-0.2, -0.15) is 18.3 Å². The van der Waals surface area contributed by atoms with Gasteiger partial charge in [-0.1, -0.05) is 0 Å². The first-order chi connectivity index (χ1) is 13.4. The van der Waals surface area contributed by atoms with Crippen molar-refractivity contribution in [2.75, 3.05) is 10.6 Å². The van der Waals surface area contributed by atoms with Gasteiger partial charge in [-0.15, -0.1) is 0 Å². The highest BCUT2D eigenvalue weighted by Gasteiger charge is 2.56. The van der Waals surface area contributed by atoms with Crippen molar-refractivity contribution >= 4 is 17.3 Å². The van der Waals surface area contributed by atoms with E-state index in [0.29, 0.717) is 18.3 Å². The molecule has 2 fully saturated rings. The molecule has 3 N–H and O–H groups in total. The zero-order chi connectivity index (χ0) is 19.2. The summed E-state index contributed by atoms with van der Waals surface area (Å²) in [7, 11) is 0. The molecule has 2 saturated carbocycles. The number of H-pyrrole nitrogens is 1. The van der Waals surface area contributed by atoms with E-state index in [9.17, 15) is 18.0 Å². The Labute approximate surface area is 159 Å². The van der Waals surface area contributed by atoms with Crippen molar-refractivity contribution in [1.29, 1.82) is 0 Å². The zero-order valence-corrected chi connectivity index (χ0v) is 14.9. The van der Waals surface area contributed by atoms with Gasteiger partial charge >= 0.3 is 6.18 Å². The molecular weight excluding hydrogens is 369 g/mol. The number of carbonyl (C=O) groups excluding carboxylic acids is 1. The van der Waals surface area contributed by atoms with E-state index >= 15 is 0 Å². The summed E-state index contributed by atoms with van der Waals surface area (Å²) in [6.07, 6.45) is 0.440. The van der Waals surface area contributed by atoms with Crippen molar-refractivity contribution in [3.05, 3.63) is 40.7 Å². The standard InChI is InChI=1S/C20H19F3N4O/c21-20(22,23)19-11(7-24-27-19)18-16-9-2-1-8(5-9)15(16)17-10-6-14(28)25-12(10)3-4-13(17)26-18/h3-4,7-9,15-16,18,26H,1-2,5-6H2,(H,24,27)(H,25,28)/t8?,9?,15-,16+,18-/m1/s1. The Bertz CT molecular complexity index is 998. The van der Waals surface area contributed by atoms with Crippen LogP contribution in [0.5, 0.6) is 0 Å². The molecule has 0 spiro atoms. The number of aromatic amines is 1. The molecule has 5 nitrogen and oxygen atoms in total. The molecule has 146 valence electrons. The second-order valence-corrected chi connectivity index (χ2v) is 8.53. The van der Waals surface area contributed by atoms with Gasteiger partial charge in [0.05, 0.1) is 18.7 Å². The fraction of sp³-hybridized carbons (Fsp3) is 0.500. The number of alkyl halides is 3. The first kappa shape index (κ1) is 16.4. The highest BCUT2D eigenvalue weighted by molar-refractivity contribution is 6.00. The number of fused-ring (bicyclic) bond motifs is 9. The van der Waals surface area contributed by atoms with Gasteiger partial charge in [0.15, 0.2) is 0 Å². The Hall–Kier alpha value is -2.51. The molecule has 2 aromatic rings. The highest BCUT2D eigenvalue weighted by Crippen LogP contribution is 2.65. The van der Waals surface area contributed by atoms with E-state index in [1.54, 1.807) is 0 Å². The van der Waals surface area contributed by atoms with E-state index in [0.717, 1.165) is 41.8 Å². The van der Waals surface area contributed by atoms with Gasteiger partial charge in [-0.05, 0) is 66.2 Å². The summed E-state index contributed by atoms with van der Waals surface area (Å²) >= 11 is 0. The lowest BCUT2D eigenvalue weighted by molar-refractivity contribution is -0.142. The molecule has 3 heterocycles. The zero-order valence-electron chi connectivity index (χ0n) is 14.9. The van der Waals surface area contributed by atoms with Gasteiger partial charge in [0, 0.05) is 16.9 Å². The lowest BCUT2D eigenvalue weighted by Gasteiger charge is -2.44. The maximum absolute atomic E-state index is 13.5. The van der Waals surface area contributed by atoms with E-state index in [1.165, 1.54) is 6.20 Å². The van der Waals surface area contributed by atoms with Crippen molar-refractivity contribution in [1.82, 2.24) is 10.2 Å². The first-order valence-corrected chi connectivity index (χ1v) is 9.74. The largest absolute Gasteiger partial charge is 0.433 e. The molecule has 2 unspecified atom stereocenters. The Morgan fingerprint density at radius 3 is 2.71 bits per heavy atom. The summed E-state index contributed by atoms with van der Waals surface area (Å²) in [4.78, 5) is 12.0. The van der Waals surface area contributed by atoms with Crippen molar-refractivity contribution < 1.29 is 18.0 Å². The fourth-order valence-corrected chi connectivity index (χ4v) is 6.38. The fourth-order valence-electron chi connectivity index (χ4n) is 6.38. The number of rotatable bonds is 1. The molecule has 2 aliphatic carbocycles. The smallest absolute Gasteiger partial charge is 0.378 e. The molecule has 1 aromatic heterocycles. The lowest BCUT2D eigenvalue weighted by Crippen LogP contribution is -2.36. The second-order valence-electron chi connectivity index (χ2n) is 8.53. The average Bonchev–Trinajstić information content (AvgIpc) is 3.41. The maximum Gasteiger partial charge on any atom is 0.433 e. The molecular formula is C20H19F3N4O. The number of aromatic nitrogens is 2. The van der Waals surface area contributed by atoms with Crippen molar-refractivity contribution in [2.24, 2.45) is 17.8 Å². The van der Waals surface area contributed by atoms with E-state index in [4.69, 9.17) is 0 Å². The molecule has 0 radical (unpaired) electrons. The molecule has 2 bridgehead atoms. The number of halogens is 3. The topological polar surface area (TPSA) is 69.8 Å². The van der Waals surface area contributed by atoms with Crippen LogP contribution in [0.4, 0.5) is 24.5 Å². The molecule has 5 atom stereocenters. The van der Waals surface area contributed by atoms with Crippen molar-refractivity contribution in [2.45, 2.75) is 43.8 Å². The van der Waals surface area contributed by atoms with Crippen LogP contribution in [-0.4, -0.2) is 16.1 Å². The molecule has 0 saturated heterocycles. The van der Waals surface area contributed by atoms with Crippen LogP contribution in [0, 0.1) is 17.8 Å². The average molecular weight is 388 g/mol. The third kappa shape index (κ3) is 2.08. The number of benzene rings is 1. The summed E-state index contributed by atoms with van der Waals surface area (Å²) in [5, 5.41) is 12.2. The van der Waals surface area contributed by atoms with Crippen LogP contribution >= 0.6 is 0 Å². The van der Waals surface area contributed by atoms with Gasteiger partial charge in [-0.25, -0.2) is 0 Å². The molecule has 8 heteroatoms. The van der Waals surface area contributed by atoms with E-state index < -0.39 is 17.9 Å². The summed E-state index contributed by atoms with van der Waals surface area (Å²) in [5.41, 5.74) is 3.34. The van der Waals surface area contributed by atoms with Gasteiger partial charge in [0.2, 0.25) is 5.91 Å². The summed E-state index contributed by atoms with van der Waals surface area (Å²) in [5.74, 6) is 1.14. The summed E-state index contributed by atoms with van der Waals surface area (Å²) in [6.45, 7) is 0. The van der Waals surface area contributed by atoms with E-state index in [2.05, 4.69) is 20.8 Å². The number of nitrogens with zero attached hydrogens (tertiary/aromatic N) is 1. The van der Waals surface area contributed by atoms with Crippen LogP contribution in [-0.2, 0) is 17.4 Å². The third-order valence-corrected chi connectivity index (χ3v) is 7.27. The van der Waals surface area contributed by atoms with Gasteiger partial charge < -0.3 is 10.6 Å². The molecule has 6 rings (SSSR count). The van der Waals surface area contributed by atoms with E-state index in [-0.39, 0.29) is 23.3 Å². The SMILES string of the molecule is O=C1Cc2c(ccc3c2[C@@H]2C4CCC(C4)[C@@H]2[C@@H](c2cn[nH]c2C(F)(F)F)N3)N1. The lowest BCUT2D eigenvalue weighted by atomic mass is 9.67. The molecule has 1 aromatic carbocycles. The molecule has 28 heavy (non-hydrogen) atoms. The van der Waals surface area contributed by atoms with Crippen molar-refractivity contribution in [3.8, 4) is 0 Å². The predicted octanol–water partition coefficient (Wildman–Crippen LogP) is 4.22. The number of anilines is 2. The number of hydrogen-bond donors (Lipinski definition) is 3. The Morgan fingerprint density at radius 2 is 1.89 bits per heavy atom. The quantitative estimate of drug-likeness (QED) is 0.685. The van der Waals surface area contributed by atoms with Crippen molar-refractivity contribution in [3.63, 3.8) is 0 Å². The summed E-state index contributed by atoms with van der Waals surface area (Å²) < 4.78 is 40.6. The minimum Gasteiger partial charge on any atom is -0.378 e. The molecule has 1 amide bonds. The first-order valence-electron chi connectivity index (χ1n) is 9.74. The van der Waals surface area contributed by atoms with Crippen LogP contribution in [0.2, 0.25) is 0 Å². The summed E-state index contributed by atoms with van der Waals surface area (Å²) in [6, 6.07) is 3.34. The molecule has 4 aliphatic rings. The van der Waals surface area contributed by atoms with Gasteiger partial charge in [0.1, 0.15) is 5.69 Å². The second kappa shape index (κ2) is 5.30. The van der Waals surface area contributed by atoms with E-state index in [1.807, 2.05) is 12.1 Å². The number of amides is 1. The maximum atomic E-state index is 13.5. The number of nitrogens with one attached hydrogen (secondary N) is 3. The van der Waals surface area contributed by atoms with Gasteiger partial charge in [0.25, 0.3) is 0 Å². The normalized spacial score (nSPS) is 32.5. The van der Waals surface area contributed by atoms with Crippen LogP contribution in [0.1, 0.15) is 53.6 Å². The van der Waals surface area contributed by atoms with Crippen LogP contribution in [0.25, 0.3) is 0 Å². The van der Waals surface area contributed by atoms with Gasteiger partial charge in [-0.3, -0.25) is 9.89 Å².